The minimum Gasteiger partial charge on any atom is -0.394 e. The normalized spacial score (nSPS) is 30.2. The molecule has 3 N–H and O–H groups in total. The van der Waals surface area contributed by atoms with Crippen LogP contribution in [0.5, 0.6) is 0 Å². The van der Waals surface area contributed by atoms with Crippen molar-refractivity contribution in [1.29, 1.82) is 0 Å². The standard InChI is InChI=1S/C11H14N4O4S/c1-20-10-6-9(12-3-13-10)15(4-14-6)11-8(18)7(17)5(2-16)19-11/h3-5,7-8,11,16-18H,2H2,1H3/t5-,7-,8-,11?/m1/s1. The Balaban J connectivity index is 2.03. The monoisotopic (exact) mass is 298 g/mol. The molecule has 1 aliphatic rings. The van der Waals surface area contributed by atoms with Crippen LogP contribution in [0.25, 0.3) is 11.2 Å². The quantitative estimate of drug-likeness (QED) is 0.496. The van der Waals surface area contributed by atoms with Crippen LogP contribution in [0, 0.1) is 0 Å². The third-order valence-electron chi connectivity index (χ3n) is 3.31. The summed E-state index contributed by atoms with van der Waals surface area (Å²) in [6.07, 6.45) is 0.813. The highest BCUT2D eigenvalue weighted by molar-refractivity contribution is 7.98. The molecule has 0 radical (unpaired) electrons. The molecule has 3 heterocycles. The van der Waals surface area contributed by atoms with Crippen molar-refractivity contribution >= 4 is 22.9 Å². The Kier molecular flexibility index (Phi) is 3.61. The summed E-state index contributed by atoms with van der Waals surface area (Å²) in [5, 5.41) is 29.7. The summed E-state index contributed by atoms with van der Waals surface area (Å²) in [5.74, 6) is 0. The van der Waals surface area contributed by atoms with Gasteiger partial charge in [0.15, 0.2) is 11.9 Å². The maximum Gasteiger partial charge on any atom is 0.166 e. The van der Waals surface area contributed by atoms with E-state index in [1.165, 1.54) is 24.4 Å². The third-order valence-corrected chi connectivity index (χ3v) is 4.00. The van der Waals surface area contributed by atoms with Gasteiger partial charge in [-0.25, -0.2) is 15.0 Å². The summed E-state index contributed by atoms with van der Waals surface area (Å²) in [6.45, 7) is -0.369. The van der Waals surface area contributed by atoms with Crippen LogP contribution in [-0.2, 0) is 4.74 Å². The molecule has 0 aromatic carbocycles. The Labute approximate surface area is 118 Å². The molecule has 1 fully saturated rings. The number of fused-ring (bicyclic) bond motifs is 1. The maximum absolute atomic E-state index is 10.0. The number of aliphatic hydroxyl groups excluding tert-OH is 3. The molecule has 2 aromatic heterocycles. The lowest BCUT2D eigenvalue weighted by Crippen LogP contribution is -2.33. The predicted molar refractivity (Wildman–Crippen MR) is 70.1 cm³/mol. The van der Waals surface area contributed by atoms with Crippen LogP contribution in [0.1, 0.15) is 6.23 Å². The first-order valence-corrected chi connectivity index (χ1v) is 7.23. The van der Waals surface area contributed by atoms with E-state index in [2.05, 4.69) is 15.0 Å². The maximum atomic E-state index is 10.0. The van der Waals surface area contributed by atoms with Gasteiger partial charge in [-0.1, -0.05) is 0 Å². The van der Waals surface area contributed by atoms with Gasteiger partial charge in [0.05, 0.1) is 12.9 Å². The van der Waals surface area contributed by atoms with Crippen molar-refractivity contribution in [3.8, 4) is 0 Å². The highest BCUT2D eigenvalue weighted by atomic mass is 32.2. The minimum atomic E-state index is -1.16. The zero-order chi connectivity index (χ0) is 14.3. The summed E-state index contributed by atoms with van der Waals surface area (Å²) < 4.78 is 7.01. The second kappa shape index (κ2) is 5.26. The first kappa shape index (κ1) is 13.7. The SMILES string of the molecule is CSc1ncnc2c1ncn2C1O[C@H](CO)[C@@H](O)[C@H]1O. The first-order chi connectivity index (χ1) is 9.67. The number of hydrogen-bond acceptors (Lipinski definition) is 8. The fourth-order valence-corrected chi connectivity index (χ4v) is 2.77. The van der Waals surface area contributed by atoms with Crippen LogP contribution in [0.4, 0.5) is 0 Å². The van der Waals surface area contributed by atoms with Gasteiger partial charge in [-0.05, 0) is 6.26 Å². The van der Waals surface area contributed by atoms with E-state index in [0.717, 1.165) is 5.03 Å². The molecule has 20 heavy (non-hydrogen) atoms. The fraction of sp³-hybridized carbons (Fsp3) is 0.545. The van der Waals surface area contributed by atoms with E-state index >= 15 is 0 Å². The van der Waals surface area contributed by atoms with Gasteiger partial charge in [-0.2, -0.15) is 0 Å². The zero-order valence-electron chi connectivity index (χ0n) is 10.6. The molecule has 0 bridgehead atoms. The average Bonchev–Trinajstić information content (AvgIpc) is 3.01. The lowest BCUT2D eigenvalue weighted by Gasteiger charge is -2.16. The Morgan fingerprint density at radius 1 is 1.30 bits per heavy atom. The van der Waals surface area contributed by atoms with Crippen LogP contribution in [-0.4, -0.2) is 66.0 Å². The molecule has 4 atom stereocenters. The second-order valence-corrected chi connectivity index (χ2v) is 5.23. The molecule has 0 amide bonds. The molecular formula is C11H14N4O4S. The molecular weight excluding hydrogens is 284 g/mol. The van der Waals surface area contributed by atoms with Crippen LogP contribution < -0.4 is 0 Å². The largest absolute Gasteiger partial charge is 0.394 e. The number of aromatic nitrogens is 4. The van der Waals surface area contributed by atoms with E-state index in [9.17, 15) is 10.2 Å². The van der Waals surface area contributed by atoms with E-state index in [1.807, 2.05) is 6.26 Å². The van der Waals surface area contributed by atoms with E-state index in [1.54, 1.807) is 4.57 Å². The van der Waals surface area contributed by atoms with E-state index < -0.39 is 24.5 Å². The second-order valence-electron chi connectivity index (χ2n) is 4.44. The Hall–Kier alpha value is -1.26. The summed E-state index contributed by atoms with van der Waals surface area (Å²) in [7, 11) is 0. The Bertz CT molecular complexity index is 621. The highest BCUT2D eigenvalue weighted by Gasteiger charge is 2.43. The zero-order valence-corrected chi connectivity index (χ0v) is 11.4. The third kappa shape index (κ3) is 1.98. The molecule has 9 heteroatoms. The van der Waals surface area contributed by atoms with Crippen molar-refractivity contribution in [2.24, 2.45) is 0 Å². The van der Waals surface area contributed by atoms with Gasteiger partial charge in [0.1, 0.15) is 35.2 Å². The molecule has 1 aliphatic heterocycles. The van der Waals surface area contributed by atoms with Crippen LogP contribution in [0.15, 0.2) is 17.7 Å². The first-order valence-electron chi connectivity index (χ1n) is 6.01. The number of nitrogens with zero attached hydrogens (tertiary/aromatic N) is 4. The van der Waals surface area contributed by atoms with Crippen molar-refractivity contribution in [3.63, 3.8) is 0 Å². The van der Waals surface area contributed by atoms with Gasteiger partial charge in [0, 0.05) is 0 Å². The van der Waals surface area contributed by atoms with E-state index in [4.69, 9.17) is 9.84 Å². The molecule has 1 unspecified atom stereocenters. The Morgan fingerprint density at radius 2 is 2.10 bits per heavy atom. The molecule has 0 saturated carbocycles. The molecule has 108 valence electrons. The predicted octanol–water partition coefficient (Wildman–Crippen LogP) is -0.840. The fourth-order valence-electron chi connectivity index (χ4n) is 2.28. The lowest BCUT2D eigenvalue weighted by molar-refractivity contribution is -0.0511. The lowest BCUT2D eigenvalue weighted by atomic mass is 10.1. The van der Waals surface area contributed by atoms with Gasteiger partial charge in [-0.3, -0.25) is 4.57 Å². The minimum absolute atomic E-state index is 0.369. The van der Waals surface area contributed by atoms with Gasteiger partial charge < -0.3 is 20.1 Å². The van der Waals surface area contributed by atoms with Crippen molar-refractivity contribution < 1.29 is 20.1 Å². The number of hydrogen-bond donors (Lipinski definition) is 3. The Morgan fingerprint density at radius 3 is 2.75 bits per heavy atom. The summed E-state index contributed by atoms with van der Waals surface area (Å²) in [4.78, 5) is 12.5. The number of ether oxygens (including phenoxy) is 1. The molecule has 0 aliphatic carbocycles. The highest BCUT2D eigenvalue weighted by Crippen LogP contribution is 2.32. The summed E-state index contributed by atoms with van der Waals surface area (Å²) in [6, 6.07) is 0. The molecule has 2 aromatic rings. The van der Waals surface area contributed by atoms with Crippen LogP contribution in [0.2, 0.25) is 0 Å². The molecule has 8 nitrogen and oxygen atoms in total. The van der Waals surface area contributed by atoms with Crippen molar-refractivity contribution in [2.45, 2.75) is 29.6 Å². The van der Waals surface area contributed by atoms with Crippen LogP contribution in [0.3, 0.4) is 0 Å². The van der Waals surface area contributed by atoms with Crippen LogP contribution >= 0.6 is 11.8 Å². The number of rotatable bonds is 3. The average molecular weight is 298 g/mol. The number of thioether (sulfide) groups is 1. The smallest absolute Gasteiger partial charge is 0.166 e. The van der Waals surface area contributed by atoms with Gasteiger partial charge in [-0.15, -0.1) is 11.8 Å². The van der Waals surface area contributed by atoms with Gasteiger partial charge in [0.25, 0.3) is 0 Å². The topological polar surface area (TPSA) is 114 Å². The van der Waals surface area contributed by atoms with Gasteiger partial charge in [0.2, 0.25) is 0 Å². The van der Waals surface area contributed by atoms with Crippen molar-refractivity contribution in [3.05, 3.63) is 12.7 Å². The van der Waals surface area contributed by atoms with E-state index in [0.29, 0.717) is 11.2 Å². The summed E-state index contributed by atoms with van der Waals surface area (Å²) in [5.41, 5.74) is 1.12. The summed E-state index contributed by atoms with van der Waals surface area (Å²) >= 11 is 1.44. The van der Waals surface area contributed by atoms with Gasteiger partial charge >= 0.3 is 0 Å². The molecule has 1 saturated heterocycles. The van der Waals surface area contributed by atoms with E-state index in [-0.39, 0.29) is 6.61 Å². The van der Waals surface area contributed by atoms with Crippen molar-refractivity contribution in [1.82, 2.24) is 19.5 Å². The van der Waals surface area contributed by atoms with Crippen molar-refractivity contribution in [2.75, 3.05) is 12.9 Å². The molecule has 0 spiro atoms. The molecule has 3 rings (SSSR count). The number of imidazole rings is 1. The number of aliphatic hydroxyl groups is 3.